The highest BCUT2D eigenvalue weighted by Gasteiger charge is 2.43. The summed E-state index contributed by atoms with van der Waals surface area (Å²) in [6.45, 7) is 40.1. The van der Waals surface area contributed by atoms with Crippen LogP contribution in [0.4, 0.5) is 0 Å². The van der Waals surface area contributed by atoms with Crippen LogP contribution < -0.4 is 0 Å². The predicted molar refractivity (Wildman–Crippen MR) is 277 cm³/mol. The summed E-state index contributed by atoms with van der Waals surface area (Å²) in [6, 6.07) is 9.37. The molecule has 0 heterocycles. The van der Waals surface area contributed by atoms with Crippen molar-refractivity contribution >= 4 is 5.57 Å². The molecule has 2 rings (SSSR count). The van der Waals surface area contributed by atoms with E-state index in [0.717, 1.165) is 32.1 Å². The van der Waals surface area contributed by atoms with Crippen molar-refractivity contribution in [3.63, 3.8) is 0 Å². The molecule has 0 saturated heterocycles. The lowest BCUT2D eigenvalue weighted by Crippen LogP contribution is -2.25. The van der Waals surface area contributed by atoms with Crippen LogP contribution in [-0.4, -0.2) is 0 Å². The number of rotatable bonds is 26. The molecule has 0 N–H and O–H groups in total. The van der Waals surface area contributed by atoms with E-state index in [2.05, 4.69) is 135 Å². The largest absolute Gasteiger partial charge is 0.106 e. The molecule has 2 unspecified atom stereocenters. The number of hydrogen-bond donors (Lipinski definition) is 0. The molecule has 0 aliphatic heterocycles. The number of unbranched alkanes of at least 4 members (excludes halogenated alkanes) is 11. The SMILES string of the molecule is C.C.C=C.C=C/C=C1\C(=C/CC/C=C(\C(=C/C)C(/C=C\CC)CC)C(C)CC=C)C(CCCCCCCC)(CCCCCCCC)c2ccccc21.CC.CC.CC. The molecule has 0 heteroatoms. The molecule has 58 heavy (non-hydrogen) atoms. The van der Waals surface area contributed by atoms with Crippen LogP contribution in [-0.2, 0) is 5.41 Å². The number of fused-ring (bicyclic) bond motifs is 1. The van der Waals surface area contributed by atoms with E-state index < -0.39 is 0 Å². The summed E-state index contributed by atoms with van der Waals surface area (Å²) in [5.74, 6) is 0.942. The molecule has 0 fully saturated rings. The number of benzene rings is 1. The molecule has 0 amide bonds. The predicted octanol–water partition coefficient (Wildman–Crippen LogP) is 20.9. The van der Waals surface area contributed by atoms with Gasteiger partial charge in [-0.15, -0.1) is 19.7 Å². The second-order valence-electron chi connectivity index (χ2n) is 14.4. The van der Waals surface area contributed by atoms with Crippen molar-refractivity contribution < 1.29 is 0 Å². The van der Waals surface area contributed by atoms with E-state index in [-0.39, 0.29) is 20.3 Å². The molecule has 0 radical (unpaired) electrons. The Hall–Kier alpha value is -2.86. The van der Waals surface area contributed by atoms with Crippen LogP contribution in [0.15, 0.2) is 116 Å². The van der Waals surface area contributed by atoms with Gasteiger partial charge in [-0.3, -0.25) is 0 Å². The molecule has 0 aromatic heterocycles. The van der Waals surface area contributed by atoms with Crippen molar-refractivity contribution in [2.45, 2.75) is 225 Å². The Kier molecular flexibility index (Phi) is 50.1. The van der Waals surface area contributed by atoms with E-state index in [1.54, 1.807) is 11.1 Å². The van der Waals surface area contributed by atoms with Crippen LogP contribution in [0.25, 0.3) is 5.57 Å². The molecular formula is C58H104. The van der Waals surface area contributed by atoms with Gasteiger partial charge in [0.25, 0.3) is 0 Å². The van der Waals surface area contributed by atoms with Gasteiger partial charge in [0.2, 0.25) is 0 Å². The summed E-state index contributed by atoms with van der Waals surface area (Å²) in [6.07, 6.45) is 42.8. The first-order chi connectivity index (χ1) is 27.5. The highest BCUT2D eigenvalue weighted by Crippen LogP contribution is 2.55. The first-order valence-electron chi connectivity index (χ1n) is 23.8. The maximum absolute atomic E-state index is 4.19. The van der Waals surface area contributed by atoms with Gasteiger partial charge in [0.1, 0.15) is 0 Å². The Labute approximate surface area is 368 Å². The van der Waals surface area contributed by atoms with Crippen molar-refractivity contribution in [2.75, 3.05) is 0 Å². The van der Waals surface area contributed by atoms with Gasteiger partial charge in [-0.1, -0.05) is 248 Å². The normalized spacial score (nSPS) is 15.0. The maximum atomic E-state index is 4.19. The fourth-order valence-electron chi connectivity index (χ4n) is 8.17. The third-order valence-electron chi connectivity index (χ3n) is 10.8. The lowest BCUT2D eigenvalue weighted by molar-refractivity contribution is 0.397. The molecule has 1 aliphatic rings. The quantitative estimate of drug-likeness (QED) is 0.0497. The number of allylic oxidation sites excluding steroid dienone is 12. The van der Waals surface area contributed by atoms with Gasteiger partial charge in [0, 0.05) is 11.3 Å². The van der Waals surface area contributed by atoms with E-state index >= 15 is 0 Å². The van der Waals surface area contributed by atoms with Gasteiger partial charge < -0.3 is 0 Å². The molecule has 0 nitrogen and oxygen atoms in total. The molecular weight excluding hydrogens is 697 g/mol. The zero-order valence-corrected chi connectivity index (χ0v) is 39.8. The molecule has 336 valence electrons. The second-order valence-corrected chi connectivity index (χ2v) is 14.4. The van der Waals surface area contributed by atoms with E-state index in [9.17, 15) is 0 Å². The minimum atomic E-state index is 0. The van der Waals surface area contributed by atoms with Crippen LogP contribution in [0, 0.1) is 11.8 Å². The Morgan fingerprint density at radius 3 is 1.69 bits per heavy atom. The van der Waals surface area contributed by atoms with E-state index in [0.29, 0.717) is 11.8 Å². The molecule has 0 spiro atoms. The van der Waals surface area contributed by atoms with Crippen LogP contribution in [0.5, 0.6) is 0 Å². The minimum Gasteiger partial charge on any atom is -0.106 e. The maximum Gasteiger partial charge on any atom is 0.0212 e. The van der Waals surface area contributed by atoms with Gasteiger partial charge in [0.15, 0.2) is 0 Å². The Balaban J connectivity index is -0.000000878. The first-order valence-corrected chi connectivity index (χ1v) is 23.8. The fraction of sp³-hybridized carbons (Fsp3) is 0.621. The molecule has 2 atom stereocenters. The molecule has 0 bridgehead atoms. The lowest BCUT2D eigenvalue weighted by atomic mass is 9.70. The summed E-state index contributed by atoms with van der Waals surface area (Å²) >= 11 is 0. The summed E-state index contributed by atoms with van der Waals surface area (Å²) < 4.78 is 0. The highest BCUT2D eigenvalue weighted by atomic mass is 14.5. The van der Waals surface area contributed by atoms with Crippen LogP contribution in [0.1, 0.15) is 231 Å². The van der Waals surface area contributed by atoms with E-state index in [1.807, 2.05) is 47.6 Å². The topological polar surface area (TPSA) is 0 Å². The molecule has 1 aliphatic carbocycles. The van der Waals surface area contributed by atoms with Crippen molar-refractivity contribution in [2.24, 2.45) is 11.8 Å². The van der Waals surface area contributed by atoms with Crippen molar-refractivity contribution in [1.82, 2.24) is 0 Å². The van der Waals surface area contributed by atoms with Crippen LogP contribution in [0.2, 0.25) is 0 Å². The van der Waals surface area contributed by atoms with Gasteiger partial charge >= 0.3 is 0 Å². The standard InChI is InChI=1S/C48H74.3C2H6.C2H4.2CH4/c1-9-16-19-21-23-29-38-48(39-30-24-22-20-17-10-2)46(44(32-13-5)45-35-26-28-37-47(45)48)36-27-25-34-43(40(8)31-12-4)42(15-7)41(14-6)33-18-11-3;4*1-2;;/h12-13,15,18,26,28,32-37,40-41H,4-5,9-11,14,16-17,19-25,27,29-31,38-39H2,1-3,6-8H3;3*1-2H3;1-2H2;2*1H4/b33-18-,42-15-,43-34-,44-32-,46-36+;;;;;;. The summed E-state index contributed by atoms with van der Waals surface area (Å²) in [5.41, 5.74) is 9.16. The minimum absolute atomic E-state index is 0. The fourth-order valence-corrected chi connectivity index (χ4v) is 8.17. The van der Waals surface area contributed by atoms with Crippen LogP contribution in [0.3, 0.4) is 0 Å². The molecule has 0 saturated carbocycles. The summed E-state index contributed by atoms with van der Waals surface area (Å²) in [4.78, 5) is 0. The van der Waals surface area contributed by atoms with Gasteiger partial charge in [0.05, 0.1) is 0 Å². The monoisotopic (exact) mass is 801 g/mol. The van der Waals surface area contributed by atoms with Gasteiger partial charge in [-0.2, -0.15) is 0 Å². The van der Waals surface area contributed by atoms with Gasteiger partial charge in [-0.25, -0.2) is 0 Å². The average Bonchev–Trinajstić information content (AvgIpc) is 3.50. The summed E-state index contributed by atoms with van der Waals surface area (Å²) in [7, 11) is 0. The highest BCUT2D eigenvalue weighted by molar-refractivity contribution is 5.90. The Morgan fingerprint density at radius 2 is 1.22 bits per heavy atom. The van der Waals surface area contributed by atoms with Gasteiger partial charge in [-0.05, 0) is 91.2 Å². The van der Waals surface area contributed by atoms with E-state index in [4.69, 9.17) is 0 Å². The van der Waals surface area contributed by atoms with Crippen molar-refractivity contribution in [3.8, 4) is 0 Å². The van der Waals surface area contributed by atoms with Crippen molar-refractivity contribution in [3.05, 3.63) is 127 Å². The van der Waals surface area contributed by atoms with Crippen LogP contribution >= 0.6 is 0 Å². The zero-order chi connectivity index (χ0) is 43.0. The zero-order valence-electron chi connectivity index (χ0n) is 39.8. The third kappa shape index (κ3) is 23.1. The average molecular weight is 801 g/mol. The van der Waals surface area contributed by atoms with E-state index in [1.165, 1.54) is 112 Å². The Morgan fingerprint density at radius 1 is 0.707 bits per heavy atom. The number of hydrogen-bond acceptors (Lipinski definition) is 0. The Bertz CT molecular complexity index is 1210. The first kappa shape index (κ1) is 64.3. The smallest absolute Gasteiger partial charge is 0.0212 e. The third-order valence-corrected chi connectivity index (χ3v) is 10.8. The summed E-state index contributed by atoms with van der Waals surface area (Å²) in [5, 5.41) is 0. The lowest BCUT2D eigenvalue weighted by Gasteiger charge is -2.33. The second kappa shape index (κ2) is 45.2. The molecule has 1 aromatic carbocycles. The van der Waals surface area contributed by atoms with Crippen molar-refractivity contribution in [1.29, 1.82) is 0 Å². The molecule has 1 aromatic rings.